The fourth-order valence-electron chi connectivity index (χ4n) is 8.31. The Morgan fingerprint density at radius 1 is 0.633 bits per heavy atom. The van der Waals surface area contributed by atoms with Crippen molar-refractivity contribution in [3.63, 3.8) is 0 Å². The molecule has 2 atom stereocenters. The van der Waals surface area contributed by atoms with Gasteiger partial charge in [0.1, 0.15) is 48.0 Å². The summed E-state index contributed by atoms with van der Waals surface area (Å²) in [6.45, 7) is 12.8. The molecule has 4 aliphatic heterocycles. The summed E-state index contributed by atoms with van der Waals surface area (Å²) < 4.78 is 37.7. The average Bonchev–Trinajstić information content (AvgIpc) is 3.86. The first-order valence-corrected chi connectivity index (χ1v) is 19.8. The number of hydrogen-bond donors (Lipinski definition) is 0. The Labute approximate surface area is 346 Å². The molecule has 0 bridgehead atoms. The van der Waals surface area contributed by atoms with Crippen LogP contribution in [0.2, 0.25) is 0 Å². The van der Waals surface area contributed by atoms with Crippen molar-refractivity contribution in [1.82, 2.24) is 39.7 Å². The van der Waals surface area contributed by atoms with E-state index in [9.17, 15) is 28.9 Å². The van der Waals surface area contributed by atoms with E-state index in [4.69, 9.17) is 9.47 Å². The number of pyridine rings is 2. The van der Waals surface area contributed by atoms with Crippen molar-refractivity contribution >= 4 is 23.7 Å². The lowest BCUT2D eigenvalue weighted by Crippen LogP contribution is -2.46. The quantitative estimate of drug-likeness (QED) is 0.267. The van der Waals surface area contributed by atoms with E-state index in [0.29, 0.717) is 100 Å². The van der Waals surface area contributed by atoms with Gasteiger partial charge in [-0.1, -0.05) is 27.7 Å². The predicted octanol–water partition coefficient (Wildman–Crippen LogP) is 4.31. The van der Waals surface area contributed by atoms with Crippen LogP contribution in [0.25, 0.3) is 0 Å². The largest absolute Gasteiger partial charge is 0.490 e. The van der Waals surface area contributed by atoms with Crippen molar-refractivity contribution in [3.8, 4) is 23.6 Å². The second kappa shape index (κ2) is 17.3. The number of fused-ring (bicyclic) bond motifs is 2. The molecule has 0 spiro atoms. The van der Waals surface area contributed by atoms with Gasteiger partial charge in [0.15, 0.2) is 11.6 Å². The Kier molecular flexibility index (Phi) is 12.0. The predicted molar refractivity (Wildman–Crippen MR) is 212 cm³/mol. The van der Waals surface area contributed by atoms with Gasteiger partial charge in [0.05, 0.1) is 51.0 Å². The highest BCUT2D eigenvalue weighted by atomic mass is 19.1. The normalized spacial score (nSPS) is 18.9. The fraction of sp³-hybridized carbons (Fsp3) is 0.476. The van der Waals surface area contributed by atoms with Crippen LogP contribution >= 0.6 is 0 Å². The molecule has 8 rings (SSSR count). The molecule has 0 aliphatic carbocycles. The van der Waals surface area contributed by atoms with E-state index in [1.165, 1.54) is 12.4 Å². The maximum atomic E-state index is 13.5. The number of ether oxygens (including phenoxy) is 2. The molecule has 2 amide bonds. The van der Waals surface area contributed by atoms with Gasteiger partial charge >= 0.3 is 0 Å². The highest BCUT2D eigenvalue weighted by Crippen LogP contribution is 2.40. The van der Waals surface area contributed by atoms with Gasteiger partial charge in [-0.3, -0.25) is 19.6 Å². The highest BCUT2D eigenvalue weighted by molar-refractivity contribution is 5.83. The zero-order valence-electron chi connectivity index (χ0n) is 34.0. The first kappa shape index (κ1) is 41.6. The maximum absolute atomic E-state index is 13.5. The van der Waals surface area contributed by atoms with E-state index in [1.54, 1.807) is 22.2 Å². The molecule has 60 heavy (non-hydrogen) atoms. The number of amides is 2. The van der Waals surface area contributed by atoms with Gasteiger partial charge in [0.25, 0.3) is 0 Å². The lowest BCUT2D eigenvalue weighted by Gasteiger charge is -2.35. The second-order valence-corrected chi connectivity index (χ2v) is 16.4. The van der Waals surface area contributed by atoms with Gasteiger partial charge < -0.3 is 29.1 Å². The smallest absolute Gasteiger partial charge is 0.228 e. The highest BCUT2D eigenvalue weighted by Gasteiger charge is 2.45. The van der Waals surface area contributed by atoms with Gasteiger partial charge in [-0.2, -0.15) is 10.5 Å². The van der Waals surface area contributed by atoms with Crippen molar-refractivity contribution in [3.05, 3.63) is 83.5 Å². The molecule has 2 fully saturated rings. The molecule has 0 radical (unpaired) electrons. The van der Waals surface area contributed by atoms with Crippen LogP contribution in [-0.4, -0.2) is 104 Å². The fourth-order valence-corrected chi connectivity index (χ4v) is 8.31. The Bertz CT molecular complexity index is 2140. The Morgan fingerprint density at radius 2 is 1.02 bits per heavy atom. The number of carbonyl (C=O) groups excluding carboxylic acids is 2. The molecular weight excluding hydrogens is 775 g/mol. The average molecular weight is 821 g/mol. The lowest BCUT2D eigenvalue weighted by molar-refractivity contribution is -0.144. The number of halogens is 2. The molecule has 0 N–H and O–H groups in total. The van der Waals surface area contributed by atoms with E-state index in [0.717, 1.165) is 48.8 Å². The van der Waals surface area contributed by atoms with E-state index in [-0.39, 0.29) is 23.7 Å². The molecule has 0 saturated carbocycles. The first-order chi connectivity index (χ1) is 28.8. The third-order valence-electron chi connectivity index (χ3n) is 12.0. The summed E-state index contributed by atoms with van der Waals surface area (Å²) in [6, 6.07) is 4.19. The van der Waals surface area contributed by atoms with Crippen molar-refractivity contribution in [2.45, 2.75) is 53.6 Å². The van der Waals surface area contributed by atoms with Crippen molar-refractivity contribution < 1.29 is 27.8 Å². The van der Waals surface area contributed by atoms with E-state index < -0.39 is 22.5 Å². The summed E-state index contributed by atoms with van der Waals surface area (Å²) >= 11 is 0. The molecule has 4 aromatic heterocycles. The molecule has 0 aromatic carbocycles. The van der Waals surface area contributed by atoms with Gasteiger partial charge in [-0.15, -0.1) is 0 Å². The minimum atomic E-state index is -0.612. The summed E-state index contributed by atoms with van der Waals surface area (Å²) in [4.78, 5) is 59.0. The van der Waals surface area contributed by atoms with Crippen molar-refractivity contribution in [1.29, 1.82) is 10.5 Å². The third-order valence-corrected chi connectivity index (χ3v) is 12.0. The Balaban J connectivity index is 0.000000181. The summed E-state index contributed by atoms with van der Waals surface area (Å²) in [5.74, 6) is 1.33. The minimum absolute atomic E-state index is 0.0354. The van der Waals surface area contributed by atoms with Crippen molar-refractivity contribution in [2.75, 3.05) is 62.3 Å². The van der Waals surface area contributed by atoms with E-state index in [1.807, 2.05) is 37.5 Å². The maximum Gasteiger partial charge on any atom is 0.228 e. The molecule has 4 aliphatic rings. The number of rotatable bonds is 6. The zero-order valence-corrected chi connectivity index (χ0v) is 34.0. The summed E-state index contributed by atoms with van der Waals surface area (Å²) in [5, 5.41) is 18.6. The zero-order chi connectivity index (χ0) is 42.6. The Morgan fingerprint density at radius 3 is 1.38 bits per heavy atom. The van der Waals surface area contributed by atoms with Crippen LogP contribution in [-0.2, 0) is 22.7 Å². The summed E-state index contributed by atoms with van der Waals surface area (Å²) in [7, 11) is 0. The molecule has 16 nitrogen and oxygen atoms in total. The topological polar surface area (TPSA) is 190 Å². The molecule has 18 heteroatoms. The number of nitriles is 2. The first-order valence-electron chi connectivity index (χ1n) is 19.8. The van der Waals surface area contributed by atoms with E-state index in [2.05, 4.69) is 42.0 Å². The van der Waals surface area contributed by atoms with E-state index >= 15 is 0 Å². The van der Waals surface area contributed by atoms with Crippen LogP contribution in [0.5, 0.6) is 11.5 Å². The molecule has 312 valence electrons. The van der Waals surface area contributed by atoms with Crippen LogP contribution in [0.15, 0.2) is 49.6 Å². The van der Waals surface area contributed by atoms with Crippen molar-refractivity contribution in [2.24, 2.45) is 22.7 Å². The van der Waals surface area contributed by atoms with Crippen LogP contribution in [0, 0.1) is 57.0 Å². The molecule has 0 unspecified atom stereocenters. The number of nitrogens with zero attached hydrogens (tertiary/aromatic N) is 12. The van der Waals surface area contributed by atoms with Crippen LogP contribution in [0.4, 0.5) is 20.7 Å². The SMILES string of the molecule is CC(C)(C(=O)N1CCOc2c(C#N)cncc2C1)[C@@H]1CCN(c2ncc(F)cn2)C1.CC(C)(C(=O)N1CCOc2c(C#N)cncc2C1)[C@H]1CCN(c2ncc(F)cn2)C1. The second-order valence-electron chi connectivity index (χ2n) is 16.4. The number of hydrogen-bond acceptors (Lipinski definition) is 14. The molecule has 8 heterocycles. The summed E-state index contributed by atoms with van der Waals surface area (Å²) in [6.07, 6.45) is 12.5. The lowest BCUT2D eigenvalue weighted by atomic mass is 9.77. The van der Waals surface area contributed by atoms with Crippen LogP contribution in [0.1, 0.15) is 62.8 Å². The Hall–Kier alpha value is -6.56. The number of aromatic nitrogens is 6. The number of anilines is 2. The van der Waals surface area contributed by atoms with Gasteiger partial charge in [0.2, 0.25) is 23.7 Å². The molecular formula is C42H46F2N12O4. The van der Waals surface area contributed by atoms with Gasteiger partial charge in [-0.05, 0) is 24.7 Å². The molecule has 4 aromatic rings. The molecule has 2 saturated heterocycles. The number of carbonyl (C=O) groups is 2. The van der Waals surface area contributed by atoms with Gasteiger partial charge in [-0.25, -0.2) is 28.7 Å². The van der Waals surface area contributed by atoms with Gasteiger partial charge in [0, 0.05) is 72.9 Å². The monoisotopic (exact) mass is 820 g/mol. The van der Waals surface area contributed by atoms with Crippen LogP contribution in [0.3, 0.4) is 0 Å². The standard InChI is InChI=1S/2C21H23FN6O2/c2*1-21(2,16-3-4-28(13-16)20-25-10-17(22)11-26-20)19(29)27-5-6-30-18-14(7-23)8-24-9-15(18)12-27/h2*8-11,16H,3-6,12-13H2,1-2H3/t2*16-/m10/s1. The van der Waals surface area contributed by atoms with Crippen LogP contribution < -0.4 is 19.3 Å². The summed E-state index contributed by atoms with van der Waals surface area (Å²) in [5.41, 5.74) is 1.02. The minimum Gasteiger partial charge on any atom is -0.490 e. The third kappa shape index (κ3) is 8.59.